The fourth-order valence-corrected chi connectivity index (χ4v) is 1.97. The summed E-state index contributed by atoms with van der Waals surface area (Å²) in [5.74, 6) is -0.341. The van der Waals surface area contributed by atoms with Crippen molar-refractivity contribution in [2.75, 3.05) is 26.3 Å². The average Bonchev–Trinajstić information content (AvgIpc) is 2.23. The zero-order valence-electron chi connectivity index (χ0n) is 11.2. The Kier molecular flexibility index (Phi) is 4.91. The van der Waals surface area contributed by atoms with E-state index in [4.69, 9.17) is 15.2 Å². The highest BCUT2D eigenvalue weighted by Crippen LogP contribution is 2.15. The third-order valence-electron chi connectivity index (χ3n) is 3.01. The summed E-state index contributed by atoms with van der Waals surface area (Å²) in [7, 11) is 0. The van der Waals surface area contributed by atoms with Gasteiger partial charge < -0.3 is 15.2 Å². The van der Waals surface area contributed by atoms with Gasteiger partial charge in [-0.3, -0.25) is 9.69 Å². The molecule has 0 radical (unpaired) electrons. The zero-order chi connectivity index (χ0) is 13.1. The molecule has 0 bridgehead atoms. The van der Waals surface area contributed by atoms with E-state index in [0.717, 1.165) is 6.54 Å². The zero-order valence-corrected chi connectivity index (χ0v) is 11.2. The molecule has 0 spiro atoms. The fraction of sp³-hybridized carbons (Fsp3) is 0.917. The van der Waals surface area contributed by atoms with E-state index in [9.17, 15) is 4.79 Å². The number of esters is 1. The number of nitrogens with zero attached hydrogens (tertiary/aromatic N) is 1. The Morgan fingerprint density at radius 3 is 2.82 bits per heavy atom. The van der Waals surface area contributed by atoms with Crippen molar-refractivity contribution in [3.63, 3.8) is 0 Å². The topological polar surface area (TPSA) is 64.8 Å². The molecule has 1 fully saturated rings. The summed E-state index contributed by atoms with van der Waals surface area (Å²) in [4.78, 5) is 13.9. The number of morpholine rings is 1. The number of hydrogen-bond donors (Lipinski definition) is 1. The molecule has 1 rings (SSSR count). The Bertz CT molecular complexity index is 268. The summed E-state index contributed by atoms with van der Waals surface area (Å²) in [6.45, 7) is 9.95. The summed E-state index contributed by atoms with van der Waals surface area (Å²) in [5.41, 5.74) is 5.07. The molecule has 0 saturated carbocycles. The van der Waals surface area contributed by atoms with Gasteiger partial charge in [0.1, 0.15) is 5.54 Å². The van der Waals surface area contributed by atoms with Crippen molar-refractivity contribution in [1.29, 1.82) is 0 Å². The first-order chi connectivity index (χ1) is 7.86. The summed E-state index contributed by atoms with van der Waals surface area (Å²) in [5, 5.41) is 0. The number of nitrogens with two attached hydrogens (primary N) is 1. The van der Waals surface area contributed by atoms with Gasteiger partial charge in [-0.2, -0.15) is 0 Å². The number of carbonyl (C=O) groups excluding carboxylic acids is 1. The van der Waals surface area contributed by atoms with Gasteiger partial charge in [0.05, 0.1) is 19.3 Å². The Balaban J connectivity index is 2.58. The second kappa shape index (κ2) is 5.80. The third kappa shape index (κ3) is 3.94. The van der Waals surface area contributed by atoms with Gasteiger partial charge in [-0.05, 0) is 27.7 Å². The van der Waals surface area contributed by atoms with E-state index in [1.165, 1.54) is 0 Å². The van der Waals surface area contributed by atoms with E-state index >= 15 is 0 Å². The van der Waals surface area contributed by atoms with Gasteiger partial charge in [-0.25, -0.2) is 0 Å². The summed E-state index contributed by atoms with van der Waals surface area (Å²) < 4.78 is 10.5. The van der Waals surface area contributed by atoms with E-state index in [1.54, 1.807) is 13.8 Å². The predicted molar refractivity (Wildman–Crippen MR) is 65.7 cm³/mol. The highest BCUT2D eigenvalue weighted by molar-refractivity contribution is 5.80. The van der Waals surface area contributed by atoms with Crippen molar-refractivity contribution in [3.8, 4) is 0 Å². The molecule has 3 unspecified atom stereocenters. The van der Waals surface area contributed by atoms with Crippen LogP contribution in [0.25, 0.3) is 0 Å². The normalized spacial score (nSPS) is 29.7. The van der Waals surface area contributed by atoms with Gasteiger partial charge in [0, 0.05) is 19.1 Å². The molecule has 1 saturated heterocycles. The molecule has 100 valence electrons. The first-order valence-corrected chi connectivity index (χ1v) is 6.18. The van der Waals surface area contributed by atoms with Gasteiger partial charge in [0.15, 0.2) is 0 Å². The van der Waals surface area contributed by atoms with Crippen LogP contribution in [0, 0.1) is 0 Å². The molecule has 3 atom stereocenters. The summed E-state index contributed by atoms with van der Waals surface area (Å²) in [6, 6.07) is 0.281. The lowest BCUT2D eigenvalue weighted by molar-refractivity contribution is -0.151. The van der Waals surface area contributed by atoms with Crippen molar-refractivity contribution in [3.05, 3.63) is 0 Å². The molecule has 2 N–H and O–H groups in total. The Hall–Kier alpha value is -0.650. The molecule has 17 heavy (non-hydrogen) atoms. The van der Waals surface area contributed by atoms with E-state index in [2.05, 4.69) is 11.8 Å². The van der Waals surface area contributed by atoms with E-state index < -0.39 is 5.54 Å². The molecule has 0 amide bonds. The molecular formula is C12H24N2O3. The lowest BCUT2D eigenvalue weighted by Gasteiger charge is -2.40. The molecular weight excluding hydrogens is 220 g/mol. The van der Waals surface area contributed by atoms with Crippen LogP contribution in [0.1, 0.15) is 27.7 Å². The molecule has 0 aromatic heterocycles. The van der Waals surface area contributed by atoms with Crippen molar-refractivity contribution in [1.82, 2.24) is 4.90 Å². The molecule has 0 aliphatic carbocycles. The van der Waals surface area contributed by atoms with Crippen LogP contribution in [0.15, 0.2) is 0 Å². The Labute approximate surface area is 103 Å². The second-order valence-electron chi connectivity index (χ2n) is 5.06. The van der Waals surface area contributed by atoms with Crippen LogP contribution in [0.2, 0.25) is 0 Å². The largest absolute Gasteiger partial charge is 0.465 e. The van der Waals surface area contributed by atoms with Gasteiger partial charge in [0.2, 0.25) is 0 Å². The smallest absolute Gasteiger partial charge is 0.327 e. The van der Waals surface area contributed by atoms with Crippen LogP contribution >= 0.6 is 0 Å². The highest BCUT2D eigenvalue weighted by atomic mass is 16.5. The molecule has 5 nitrogen and oxygen atoms in total. The maximum atomic E-state index is 11.7. The molecule has 1 heterocycles. The van der Waals surface area contributed by atoms with Crippen molar-refractivity contribution in [2.24, 2.45) is 5.73 Å². The van der Waals surface area contributed by atoms with Crippen LogP contribution < -0.4 is 5.73 Å². The summed E-state index contributed by atoms with van der Waals surface area (Å²) >= 11 is 0. The Morgan fingerprint density at radius 1 is 1.59 bits per heavy atom. The van der Waals surface area contributed by atoms with Crippen molar-refractivity contribution >= 4 is 5.97 Å². The molecule has 5 heteroatoms. The van der Waals surface area contributed by atoms with E-state index in [0.29, 0.717) is 19.8 Å². The molecule has 0 aromatic carbocycles. The second-order valence-corrected chi connectivity index (χ2v) is 5.06. The van der Waals surface area contributed by atoms with E-state index in [1.807, 2.05) is 6.92 Å². The minimum absolute atomic E-state index is 0.184. The quantitative estimate of drug-likeness (QED) is 0.724. The molecule has 1 aliphatic rings. The minimum Gasteiger partial charge on any atom is -0.465 e. The number of carbonyl (C=O) groups is 1. The number of rotatable bonds is 4. The van der Waals surface area contributed by atoms with Gasteiger partial charge in [-0.15, -0.1) is 0 Å². The maximum absolute atomic E-state index is 11.7. The fourth-order valence-electron chi connectivity index (χ4n) is 1.97. The lowest BCUT2D eigenvalue weighted by atomic mass is 10.0. The average molecular weight is 244 g/mol. The van der Waals surface area contributed by atoms with Gasteiger partial charge in [0.25, 0.3) is 0 Å². The van der Waals surface area contributed by atoms with E-state index in [-0.39, 0.29) is 18.1 Å². The minimum atomic E-state index is -0.957. The van der Waals surface area contributed by atoms with Crippen LogP contribution in [0.5, 0.6) is 0 Å². The van der Waals surface area contributed by atoms with Crippen LogP contribution in [-0.4, -0.2) is 54.9 Å². The third-order valence-corrected chi connectivity index (χ3v) is 3.01. The maximum Gasteiger partial charge on any atom is 0.327 e. The van der Waals surface area contributed by atoms with Crippen molar-refractivity contribution < 1.29 is 14.3 Å². The van der Waals surface area contributed by atoms with Gasteiger partial charge >= 0.3 is 5.97 Å². The monoisotopic (exact) mass is 244 g/mol. The van der Waals surface area contributed by atoms with Crippen LogP contribution in [-0.2, 0) is 14.3 Å². The molecule has 0 aromatic rings. The SMILES string of the molecule is CCOC(=O)C(C)(N)CN1CC(C)OCC1C. The first-order valence-electron chi connectivity index (χ1n) is 6.18. The first kappa shape index (κ1) is 14.4. The predicted octanol–water partition coefficient (Wildman–Crippen LogP) is 0.376. The molecule has 1 aliphatic heterocycles. The van der Waals surface area contributed by atoms with Crippen LogP contribution in [0.4, 0.5) is 0 Å². The lowest BCUT2D eigenvalue weighted by Crippen LogP contribution is -2.59. The van der Waals surface area contributed by atoms with Crippen molar-refractivity contribution in [2.45, 2.75) is 45.4 Å². The summed E-state index contributed by atoms with van der Waals surface area (Å²) in [6.07, 6.45) is 0.184. The number of ether oxygens (including phenoxy) is 2. The van der Waals surface area contributed by atoms with Crippen LogP contribution in [0.3, 0.4) is 0 Å². The Morgan fingerprint density at radius 2 is 2.24 bits per heavy atom. The highest BCUT2D eigenvalue weighted by Gasteiger charge is 2.35. The van der Waals surface area contributed by atoms with Gasteiger partial charge in [-0.1, -0.05) is 0 Å². The number of hydrogen-bond acceptors (Lipinski definition) is 5. The standard InChI is InChI=1S/C12H24N2O3/c1-5-16-11(15)12(4,13)8-14-6-10(3)17-7-9(14)2/h9-10H,5-8,13H2,1-4H3.